The van der Waals surface area contributed by atoms with E-state index >= 15 is 0 Å². The first-order valence-electron chi connectivity index (χ1n) is 9.10. The molecule has 0 heterocycles. The lowest BCUT2D eigenvalue weighted by molar-refractivity contribution is -0.117. The van der Waals surface area contributed by atoms with Crippen LogP contribution in [0, 0.1) is 0 Å². The van der Waals surface area contributed by atoms with Crippen LogP contribution in [-0.4, -0.2) is 32.1 Å². The lowest BCUT2D eigenvalue weighted by Gasteiger charge is -2.19. The number of benzene rings is 2. The minimum Gasteiger partial charge on any atom is -0.497 e. The number of hydrogen-bond donors (Lipinski definition) is 2. The maximum absolute atomic E-state index is 12.5. The molecule has 0 spiro atoms. The summed E-state index contributed by atoms with van der Waals surface area (Å²) in [5.41, 5.74) is 2.17. The van der Waals surface area contributed by atoms with Gasteiger partial charge in [0.2, 0.25) is 5.91 Å². The number of amides is 2. The van der Waals surface area contributed by atoms with E-state index in [4.69, 9.17) is 9.47 Å². The normalized spacial score (nSPS) is 12.1. The van der Waals surface area contributed by atoms with E-state index in [1.165, 1.54) is 7.11 Å². The molecule has 28 heavy (non-hydrogen) atoms. The highest BCUT2D eigenvalue weighted by Gasteiger charge is 2.19. The summed E-state index contributed by atoms with van der Waals surface area (Å²) in [5, 5.41) is 5.48. The molecule has 2 amide bonds. The van der Waals surface area contributed by atoms with Crippen LogP contribution in [0.15, 0.2) is 42.5 Å². The maximum atomic E-state index is 12.5. The van der Waals surface area contributed by atoms with Crippen LogP contribution in [0.5, 0.6) is 11.5 Å². The molecule has 0 aliphatic rings. The second kappa shape index (κ2) is 8.78. The Morgan fingerprint density at radius 1 is 0.964 bits per heavy atom. The van der Waals surface area contributed by atoms with E-state index in [0.717, 1.165) is 5.56 Å². The Hall–Kier alpha value is -3.02. The SMILES string of the molecule is COc1ccc(NC(=O)[C@@H](C)NC(=O)c2ccc(C(C)(C)C)cc2)c(OC)c1. The summed E-state index contributed by atoms with van der Waals surface area (Å²) in [4.78, 5) is 24.9. The average molecular weight is 384 g/mol. The highest BCUT2D eigenvalue weighted by Crippen LogP contribution is 2.29. The third-order valence-corrected chi connectivity index (χ3v) is 4.42. The molecule has 0 unspecified atom stereocenters. The third-order valence-electron chi connectivity index (χ3n) is 4.42. The van der Waals surface area contributed by atoms with Crippen molar-refractivity contribution >= 4 is 17.5 Å². The van der Waals surface area contributed by atoms with Gasteiger partial charge in [0.1, 0.15) is 17.5 Å². The molecule has 1 atom stereocenters. The Bertz CT molecular complexity index is 839. The van der Waals surface area contributed by atoms with Gasteiger partial charge in [-0.25, -0.2) is 0 Å². The zero-order valence-electron chi connectivity index (χ0n) is 17.3. The van der Waals surface area contributed by atoms with E-state index < -0.39 is 6.04 Å². The van der Waals surface area contributed by atoms with Crippen molar-refractivity contribution in [3.63, 3.8) is 0 Å². The first-order chi connectivity index (χ1) is 13.2. The Kier molecular flexibility index (Phi) is 6.67. The number of nitrogens with one attached hydrogen (secondary N) is 2. The Morgan fingerprint density at radius 3 is 2.14 bits per heavy atom. The summed E-state index contributed by atoms with van der Waals surface area (Å²) >= 11 is 0. The number of hydrogen-bond acceptors (Lipinski definition) is 4. The van der Waals surface area contributed by atoms with Crippen LogP contribution in [0.2, 0.25) is 0 Å². The Balaban J connectivity index is 2.03. The van der Waals surface area contributed by atoms with Crippen molar-refractivity contribution < 1.29 is 19.1 Å². The van der Waals surface area contributed by atoms with Crippen molar-refractivity contribution in [2.75, 3.05) is 19.5 Å². The number of carbonyl (C=O) groups excluding carboxylic acids is 2. The summed E-state index contributed by atoms with van der Waals surface area (Å²) < 4.78 is 10.4. The topological polar surface area (TPSA) is 76.7 Å². The van der Waals surface area contributed by atoms with Gasteiger partial charge in [0.05, 0.1) is 19.9 Å². The lowest BCUT2D eigenvalue weighted by Crippen LogP contribution is -2.41. The van der Waals surface area contributed by atoms with E-state index in [1.54, 1.807) is 44.4 Å². The van der Waals surface area contributed by atoms with Gasteiger partial charge in [-0.15, -0.1) is 0 Å². The van der Waals surface area contributed by atoms with Gasteiger partial charge in [0, 0.05) is 11.6 Å². The molecule has 0 fully saturated rings. The zero-order chi connectivity index (χ0) is 20.9. The highest BCUT2D eigenvalue weighted by atomic mass is 16.5. The quantitative estimate of drug-likeness (QED) is 0.795. The number of ether oxygens (including phenoxy) is 2. The van der Waals surface area contributed by atoms with E-state index in [2.05, 4.69) is 31.4 Å². The van der Waals surface area contributed by atoms with Crippen LogP contribution in [0.3, 0.4) is 0 Å². The van der Waals surface area contributed by atoms with Gasteiger partial charge in [0.25, 0.3) is 5.91 Å². The minimum atomic E-state index is -0.721. The summed E-state index contributed by atoms with van der Waals surface area (Å²) in [6, 6.07) is 11.8. The predicted molar refractivity (Wildman–Crippen MR) is 110 cm³/mol. The van der Waals surface area contributed by atoms with E-state index in [9.17, 15) is 9.59 Å². The van der Waals surface area contributed by atoms with Crippen molar-refractivity contribution in [3.8, 4) is 11.5 Å². The van der Waals surface area contributed by atoms with E-state index in [-0.39, 0.29) is 17.2 Å². The smallest absolute Gasteiger partial charge is 0.251 e. The molecule has 0 saturated heterocycles. The molecule has 0 aromatic heterocycles. The maximum Gasteiger partial charge on any atom is 0.251 e. The van der Waals surface area contributed by atoms with Gasteiger partial charge in [-0.3, -0.25) is 9.59 Å². The molecule has 0 bridgehead atoms. The molecule has 0 radical (unpaired) electrons. The molecule has 2 aromatic carbocycles. The first kappa shape index (κ1) is 21.3. The zero-order valence-corrected chi connectivity index (χ0v) is 17.3. The Labute approximate surface area is 166 Å². The van der Waals surface area contributed by atoms with Crippen molar-refractivity contribution in [1.29, 1.82) is 0 Å². The molecule has 0 aliphatic carbocycles. The first-order valence-corrected chi connectivity index (χ1v) is 9.10. The molecule has 6 heteroatoms. The van der Waals surface area contributed by atoms with Crippen LogP contribution < -0.4 is 20.1 Å². The lowest BCUT2D eigenvalue weighted by atomic mass is 9.86. The molecule has 2 rings (SSSR count). The van der Waals surface area contributed by atoms with Crippen LogP contribution >= 0.6 is 0 Å². The number of carbonyl (C=O) groups is 2. The fourth-order valence-corrected chi connectivity index (χ4v) is 2.61. The van der Waals surface area contributed by atoms with Gasteiger partial charge in [-0.05, 0) is 42.2 Å². The highest BCUT2D eigenvalue weighted by molar-refractivity contribution is 6.01. The predicted octanol–water partition coefficient (Wildman–Crippen LogP) is 3.76. The molecule has 2 aromatic rings. The van der Waals surface area contributed by atoms with E-state index in [1.807, 2.05) is 12.1 Å². The van der Waals surface area contributed by atoms with Gasteiger partial charge in [0.15, 0.2) is 0 Å². The number of methoxy groups -OCH3 is 2. The standard InChI is InChI=1S/C22H28N2O4/c1-14(20(25)24-18-12-11-17(27-5)13-19(18)28-6)23-21(26)15-7-9-16(10-8-15)22(2,3)4/h7-14H,1-6H3,(H,23,26)(H,24,25)/t14-/m1/s1. The molecular weight excluding hydrogens is 356 g/mol. The average Bonchev–Trinajstić information content (AvgIpc) is 2.67. The van der Waals surface area contributed by atoms with Crippen LogP contribution in [0.1, 0.15) is 43.6 Å². The molecule has 2 N–H and O–H groups in total. The van der Waals surface area contributed by atoms with Gasteiger partial charge in [-0.1, -0.05) is 32.9 Å². The second-order valence-electron chi connectivity index (χ2n) is 7.58. The minimum absolute atomic E-state index is 0.0135. The van der Waals surface area contributed by atoms with Crippen LogP contribution in [0.25, 0.3) is 0 Å². The third kappa shape index (κ3) is 5.25. The van der Waals surface area contributed by atoms with E-state index in [0.29, 0.717) is 22.7 Å². The van der Waals surface area contributed by atoms with Crippen molar-refractivity contribution in [3.05, 3.63) is 53.6 Å². The second-order valence-corrected chi connectivity index (χ2v) is 7.58. The molecule has 0 aliphatic heterocycles. The van der Waals surface area contributed by atoms with Crippen molar-refractivity contribution in [2.24, 2.45) is 0 Å². The molecule has 150 valence electrons. The molecule has 6 nitrogen and oxygen atoms in total. The van der Waals surface area contributed by atoms with Crippen LogP contribution in [0.4, 0.5) is 5.69 Å². The van der Waals surface area contributed by atoms with Crippen molar-refractivity contribution in [2.45, 2.75) is 39.2 Å². The molecular formula is C22H28N2O4. The molecule has 0 saturated carbocycles. The number of anilines is 1. The largest absolute Gasteiger partial charge is 0.497 e. The summed E-state index contributed by atoms with van der Waals surface area (Å²) in [7, 11) is 3.07. The summed E-state index contributed by atoms with van der Waals surface area (Å²) in [6.07, 6.45) is 0. The van der Waals surface area contributed by atoms with Gasteiger partial charge >= 0.3 is 0 Å². The van der Waals surface area contributed by atoms with Crippen LogP contribution in [-0.2, 0) is 10.2 Å². The fraction of sp³-hybridized carbons (Fsp3) is 0.364. The van der Waals surface area contributed by atoms with Gasteiger partial charge < -0.3 is 20.1 Å². The monoisotopic (exact) mass is 384 g/mol. The fourth-order valence-electron chi connectivity index (χ4n) is 2.61. The summed E-state index contributed by atoms with van der Waals surface area (Å²) in [6.45, 7) is 7.97. The summed E-state index contributed by atoms with van der Waals surface area (Å²) in [5.74, 6) is 0.451. The number of rotatable bonds is 6. The van der Waals surface area contributed by atoms with Gasteiger partial charge in [-0.2, -0.15) is 0 Å². The van der Waals surface area contributed by atoms with Crippen molar-refractivity contribution in [1.82, 2.24) is 5.32 Å². The Morgan fingerprint density at radius 2 is 1.61 bits per heavy atom.